The molecule has 3 heteroatoms. The molecule has 17 heavy (non-hydrogen) atoms. The lowest BCUT2D eigenvalue weighted by molar-refractivity contribution is -0.00578. The van der Waals surface area contributed by atoms with Crippen LogP contribution in [0.15, 0.2) is 24.3 Å². The number of ether oxygens (including phenoxy) is 1. The third kappa shape index (κ3) is 3.20. The zero-order valence-electron chi connectivity index (χ0n) is 10.8. The largest absolute Gasteiger partial charge is 0.378 e. The number of anilines is 1. The highest BCUT2D eigenvalue weighted by molar-refractivity contribution is 5.47. The van der Waals surface area contributed by atoms with Crippen molar-refractivity contribution in [1.82, 2.24) is 5.32 Å². The zero-order chi connectivity index (χ0) is 12.1. The van der Waals surface area contributed by atoms with Gasteiger partial charge < -0.3 is 15.0 Å². The number of nitrogens with one attached hydrogen (secondary N) is 1. The molecule has 0 unspecified atom stereocenters. The Morgan fingerprint density at radius 3 is 2.29 bits per heavy atom. The number of benzene rings is 1. The van der Waals surface area contributed by atoms with Crippen molar-refractivity contribution in [2.75, 3.05) is 31.2 Å². The predicted molar refractivity (Wildman–Crippen MR) is 71.4 cm³/mol. The van der Waals surface area contributed by atoms with Crippen LogP contribution < -0.4 is 10.2 Å². The van der Waals surface area contributed by atoms with Crippen LogP contribution in [-0.2, 0) is 11.3 Å². The fraction of sp³-hybridized carbons (Fsp3) is 0.571. The predicted octanol–water partition coefficient (Wildman–Crippen LogP) is 2.02. The van der Waals surface area contributed by atoms with Crippen LogP contribution in [0.1, 0.15) is 19.4 Å². The van der Waals surface area contributed by atoms with E-state index in [4.69, 9.17) is 4.74 Å². The van der Waals surface area contributed by atoms with Gasteiger partial charge in [0.25, 0.3) is 0 Å². The average Bonchev–Trinajstić information content (AvgIpc) is 2.30. The van der Waals surface area contributed by atoms with Crippen molar-refractivity contribution in [3.8, 4) is 0 Å². The van der Waals surface area contributed by atoms with Crippen molar-refractivity contribution in [3.63, 3.8) is 0 Å². The van der Waals surface area contributed by atoms with Gasteiger partial charge in [-0.2, -0.15) is 0 Å². The van der Waals surface area contributed by atoms with Gasteiger partial charge in [0.15, 0.2) is 0 Å². The van der Waals surface area contributed by atoms with Gasteiger partial charge in [-0.05, 0) is 31.5 Å². The molecule has 1 saturated heterocycles. The van der Waals surface area contributed by atoms with E-state index in [1.54, 1.807) is 0 Å². The Kier molecular flexibility index (Phi) is 4.40. The van der Waals surface area contributed by atoms with Crippen LogP contribution in [0, 0.1) is 0 Å². The van der Waals surface area contributed by atoms with Gasteiger partial charge >= 0.3 is 0 Å². The molecule has 1 heterocycles. The molecule has 0 bridgehead atoms. The molecule has 1 aromatic carbocycles. The minimum Gasteiger partial charge on any atom is -0.378 e. The molecule has 2 rings (SSSR count). The van der Waals surface area contributed by atoms with Gasteiger partial charge in [0.1, 0.15) is 0 Å². The van der Waals surface area contributed by atoms with E-state index in [9.17, 15) is 0 Å². The Labute approximate surface area is 104 Å². The summed E-state index contributed by atoms with van der Waals surface area (Å²) in [5, 5.41) is 3.47. The van der Waals surface area contributed by atoms with Gasteiger partial charge in [-0.25, -0.2) is 0 Å². The lowest BCUT2D eigenvalue weighted by Crippen LogP contribution is -2.45. The number of hydrogen-bond acceptors (Lipinski definition) is 3. The van der Waals surface area contributed by atoms with E-state index in [-0.39, 0.29) is 0 Å². The molecule has 1 N–H and O–H groups in total. The summed E-state index contributed by atoms with van der Waals surface area (Å²) in [6, 6.07) is 9.39. The van der Waals surface area contributed by atoms with E-state index >= 15 is 0 Å². The first-order chi connectivity index (χ1) is 8.33. The highest BCUT2D eigenvalue weighted by Crippen LogP contribution is 2.15. The van der Waals surface area contributed by atoms with Crippen LogP contribution in [0.4, 0.5) is 5.69 Å². The first kappa shape index (κ1) is 12.4. The van der Waals surface area contributed by atoms with Gasteiger partial charge in [0.05, 0.1) is 19.3 Å². The topological polar surface area (TPSA) is 24.5 Å². The van der Waals surface area contributed by atoms with Gasteiger partial charge in [0.2, 0.25) is 0 Å². The van der Waals surface area contributed by atoms with E-state index in [1.165, 1.54) is 11.3 Å². The molecule has 0 aliphatic carbocycles. The summed E-state index contributed by atoms with van der Waals surface area (Å²) >= 11 is 0. The monoisotopic (exact) mass is 234 g/mol. The molecule has 0 radical (unpaired) electrons. The molecule has 0 atom stereocenters. The van der Waals surface area contributed by atoms with Gasteiger partial charge in [-0.3, -0.25) is 0 Å². The van der Waals surface area contributed by atoms with Crippen LogP contribution in [0.3, 0.4) is 0 Å². The van der Waals surface area contributed by atoms with Crippen molar-refractivity contribution in [2.45, 2.75) is 26.4 Å². The van der Waals surface area contributed by atoms with Crippen molar-refractivity contribution in [3.05, 3.63) is 29.8 Å². The van der Waals surface area contributed by atoms with Gasteiger partial charge in [-0.1, -0.05) is 12.1 Å². The molecular formula is C14H22N2O. The van der Waals surface area contributed by atoms with E-state index in [1.807, 2.05) is 0 Å². The number of rotatable bonds is 6. The molecular weight excluding hydrogens is 212 g/mol. The van der Waals surface area contributed by atoms with E-state index in [0.717, 1.165) is 32.8 Å². The third-order valence-electron chi connectivity index (χ3n) is 3.30. The SMILES string of the molecule is CCN(CC)c1ccc(CNC2COC2)cc1. The normalized spacial score (nSPS) is 15.6. The molecule has 1 fully saturated rings. The molecule has 0 amide bonds. The average molecular weight is 234 g/mol. The standard InChI is InChI=1S/C14H22N2O/c1-3-16(4-2)14-7-5-12(6-8-14)9-15-13-10-17-11-13/h5-8,13,15H,3-4,9-11H2,1-2H3. The van der Waals surface area contributed by atoms with Crippen LogP contribution in [0.5, 0.6) is 0 Å². The van der Waals surface area contributed by atoms with Crippen molar-refractivity contribution >= 4 is 5.69 Å². The van der Waals surface area contributed by atoms with Gasteiger partial charge in [0, 0.05) is 25.3 Å². The van der Waals surface area contributed by atoms with Crippen molar-refractivity contribution in [1.29, 1.82) is 0 Å². The summed E-state index contributed by atoms with van der Waals surface area (Å²) in [6.07, 6.45) is 0. The summed E-state index contributed by atoms with van der Waals surface area (Å²) in [6.45, 7) is 9.16. The lowest BCUT2D eigenvalue weighted by Gasteiger charge is -2.27. The molecule has 0 spiro atoms. The van der Waals surface area contributed by atoms with Crippen LogP contribution in [0.2, 0.25) is 0 Å². The van der Waals surface area contributed by atoms with Gasteiger partial charge in [-0.15, -0.1) is 0 Å². The maximum absolute atomic E-state index is 5.13. The molecule has 94 valence electrons. The van der Waals surface area contributed by atoms with E-state index in [2.05, 4.69) is 48.3 Å². The molecule has 0 saturated carbocycles. The first-order valence-corrected chi connectivity index (χ1v) is 6.48. The summed E-state index contributed by atoms with van der Waals surface area (Å²) in [5.74, 6) is 0. The third-order valence-corrected chi connectivity index (χ3v) is 3.30. The highest BCUT2D eigenvalue weighted by Gasteiger charge is 2.16. The second-order valence-electron chi connectivity index (χ2n) is 4.45. The first-order valence-electron chi connectivity index (χ1n) is 6.48. The molecule has 3 nitrogen and oxygen atoms in total. The molecule has 1 aliphatic rings. The maximum atomic E-state index is 5.13. The maximum Gasteiger partial charge on any atom is 0.0643 e. The zero-order valence-corrected chi connectivity index (χ0v) is 10.8. The summed E-state index contributed by atoms with van der Waals surface area (Å²) in [4.78, 5) is 2.36. The molecule has 0 aromatic heterocycles. The Morgan fingerprint density at radius 1 is 1.18 bits per heavy atom. The Bertz CT molecular complexity index is 329. The summed E-state index contributed by atoms with van der Waals surface area (Å²) < 4.78 is 5.13. The van der Waals surface area contributed by atoms with Crippen LogP contribution in [-0.4, -0.2) is 32.3 Å². The minimum atomic E-state index is 0.553. The molecule has 1 aliphatic heterocycles. The fourth-order valence-electron chi connectivity index (χ4n) is 2.03. The minimum absolute atomic E-state index is 0.553. The van der Waals surface area contributed by atoms with Crippen molar-refractivity contribution in [2.24, 2.45) is 0 Å². The van der Waals surface area contributed by atoms with Crippen molar-refractivity contribution < 1.29 is 4.74 Å². The Balaban J connectivity index is 1.87. The number of nitrogens with zero attached hydrogens (tertiary/aromatic N) is 1. The van der Waals surface area contributed by atoms with Crippen LogP contribution in [0.25, 0.3) is 0 Å². The Morgan fingerprint density at radius 2 is 1.82 bits per heavy atom. The smallest absolute Gasteiger partial charge is 0.0643 e. The quantitative estimate of drug-likeness (QED) is 0.815. The second-order valence-corrected chi connectivity index (χ2v) is 4.45. The lowest BCUT2D eigenvalue weighted by atomic mass is 10.1. The van der Waals surface area contributed by atoms with Crippen LogP contribution >= 0.6 is 0 Å². The molecule has 1 aromatic rings. The highest BCUT2D eigenvalue weighted by atomic mass is 16.5. The van der Waals surface area contributed by atoms with E-state index < -0.39 is 0 Å². The van der Waals surface area contributed by atoms with E-state index in [0.29, 0.717) is 6.04 Å². The Hall–Kier alpha value is -1.06. The number of hydrogen-bond donors (Lipinski definition) is 1. The summed E-state index contributed by atoms with van der Waals surface area (Å²) in [7, 11) is 0. The second kappa shape index (κ2) is 6.03. The fourth-order valence-corrected chi connectivity index (χ4v) is 2.03. The summed E-state index contributed by atoms with van der Waals surface area (Å²) in [5.41, 5.74) is 2.65.